The Bertz CT molecular complexity index is 1160. The first-order valence-electron chi connectivity index (χ1n) is 9.16. The zero-order chi connectivity index (χ0) is 22.4. The summed E-state index contributed by atoms with van der Waals surface area (Å²) in [6.45, 7) is 0. The van der Waals surface area contributed by atoms with Crippen molar-refractivity contribution in [2.75, 3.05) is 31.4 Å². The van der Waals surface area contributed by atoms with Crippen LogP contribution >= 0.6 is 0 Å². The van der Waals surface area contributed by atoms with E-state index in [4.69, 9.17) is 14.2 Å². The lowest BCUT2D eigenvalue weighted by molar-refractivity contribution is 0.102. The Hall–Kier alpha value is -3.72. The lowest BCUT2D eigenvalue weighted by atomic mass is 10.2. The molecule has 3 aromatic rings. The average molecular weight is 442 g/mol. The van der Waals surface area contributed by atoms with Gasteiger partial charge >= 0.3 is 0 Å². The van der Waals surface area contributed by atoms with E-state index in [-0.39, 0.29) is 16.6 Å². The number of nitrogens with one attached hydrogen (secondary N) is 2. The molecule has 0 heterocycles. The Balaban J connectivity index is 1.85. The summed E-state index contributed by atoms with van der Waals surface area (Å²) in [4.78, 5) is 12.4. The first-order valence-corrected chi connectivity index (χ1v) is 10.6. The summed E-state index contributed by atoms with van der Waals surface area (Å²) >= 11 is 0. The summed E-state index contributed by atoms with van der Waals surface area (Å²) in [7, 11) is 0.441. The van der Waals surface area contributed by atoms with E-state index in [9.17, 15) is 13.2 Å². The number of carbonyl (C=O) groups is 1. The second-order valence-corrected chi connectivity index (χ2v) is 8.03. The van der Waals surface area contributed by atoms with Crippen LogP contribution < -0.4 is 24.2 Å². The normalized spacial score (nSPS) is 10.8. The molecule has 0 aromatic heterocycles. The largest absolute Gasteiger partial charge is 0.497 e. The van der Waals surface area contributed by atoms with Gasteiger partial charge in [0, 0.05) is 16.9 Å². The molecule has 8 nitrogen and oxygen atoms in total. The number of anilines is 2. The third kappa shape index (κ3) is 5.26. The number of ether oxygens (including phenoxy) is 3. The van der Waals surface area contributed by atoms with E-state index >= 15 is 0 Å². The fourth-order valence-electron chi connectivity index (χ4n) is 2.78. The van der Waals surface area contributed by atoms with E-state index in [2.05, 4.69) is 10.0 Å². The standard InChI is InChI=1S/C22H22N2O6S/c1-28-18-9-4-15(5-10-18)22(25)23-17-8-13-20(30-3)21(14-17)31(26,27)24-16-6-11-19(29-2)12-7-16/h4-14,24H,1-3H3,(H,23,25). The molecule has 3 aromatic carbocycles. The van der Waals surface area contributed by atoms with Crippen molar-refractivity contribution in [3.63, 3.8) is 0 Å². The van der Waals surface area contributed by atoms with Crippen molar-refractivity contribution in [3.8, 4) is 17.2 Å². The van der Waals surface area contributed by atoms with Gasteiger partial charge in [0.25, 0.3) is 15.9 Å². The maximum absolute atomic E-state index is 13.0. The van der Waals surface area contributed by atoms with Crippen LogP contribution in [0.5, 0.6) is 17.2 Å². The Kier molecular flexibility index (Phi) is 6.66. The van der Waals surface area contributed by atoms with E-state index in [1.165, 1.54) is 33.5 Å². The van der Waals surface area contributed by atoms with Crippen LogP contribution in [0.4, 0.5) is 11.4 Å². The molecule has 0 saturated heterocycles. The van der Waals surface area contributed by atoms with E-state index in [1.54, 1.807) is 54.6 Å². The fraction of sp³-hybridized carbons (Fsp3) is 0.136. The summed E-state index contributed by atoms with van der Waals surface area (Å²) in [6, 6.07) is 17.4. The van der Waals surface area contributed by atoms with Gasteiger partial charge in [0.1, 0.15) is 22.1 Å². The minimum Gasteiger partial charge on any atom is -0.497 e. The van der Waals surface area contributed by atoms with Crippen molar-refractivity contribution in [2.24, 2.45) is 0 Å². The van der Waals surface area contributed by atoms with Crippen LogP contribution in [0, 0.1) is 0 Å². The van der Waals surface area contributed by atoms with E-state index in [0.717, 1.165) is 0 Å². The first kappa shape index (κ1) is 22.0. The van der Waals surface area contributed by atoms with Crippen molar-refractivity contribution in [2.45, 2.75) is 4.90 Å². The molecule has 0 unspecified atom stereocenters. The van der Waals surface area contributed by atoms with Crippen molar-refractivity contribution in [1.82, 2.24) is 0 Å². The van der Waals surface area contributed by atoms with E-state index in [0.29, 0.717) is 28.4 Å². The molecule has 0 aliphatic carbocycles. The lowest BCUT2D eigenvalue weighted by Crippen LogP contribution is -2.16. The summed E-state index contributed by atoms with van der Waals surface area (Å²) < 4.78 is 43.8. The molecule has 0 saturated carbocycles. The topological polar surface area (TPSA) is 103 Å². The molecule has 2 N–H and O–H groups in total. The minimum atomic E-state index is -3.99. The molecule has 0 aliphatic heterocycles. The fourth-order valence-corrected chi connectivity index (χ4v) is 4.03. The number of methoxy groups -OCH3 is 3. The van der Waals surface area contributed by atoms with Gasteiger partial charge in [-0.2, -0.15) is 0 Å². The molecule has 162 valence electrons. The van der Waals surface area contributed by atoms with Gasteiger partial charge < -0.3 is 19.5 Å². The van der Waals surface area contributed by atoms with Crippen LogP contribution in [-0.4, -0.2) is 35.7 Å². The molecule has 1 amide bonds. The number of sulfonamides is 1. The monoisotopic (exact) mass is 442 g/mol. The van der Waals surface area contributed by atoms with Gasteiger partial charge in [-0.3, -0.25) is 9.52 Å². The highest BCUT2D eigenvalue weighted by Gasteiger charge is 2.21. The summed E-state index contributed by atoms with van der Waals surface area (Å²) in [5, 5.41) is 2.69. The molecule has 31 heavy (non-hydrogen) atoms. The van der Waals surface area contributed by atoms with E-state index in [1.807, 2.05) is 0 Å². The highest BCUT2D eigenvalue weighted by Crippen LogP contribution is 2.29. The first-order chi connectivity index (χ1) is 14.9. The lowest BCUT2D eigenvalue weighted by Gasteiger charge is -2.14. The van der Waals surface area contributed by atoms with Gasteiger partial charge in [-0.25, -0.2) is 8.42 Å². The van der Waals surface area contributed by atoms with Crippen molar-refractivity contribution in [1.29, 1.82) is 0 Å². The van der Waals surface area contributed by atoms with Crippen LogP contribution in [0.3, 0.4) is 0 Å². The van der Waals surface area contributed by atoms with Crippen LogP contribution in [0.15, 0.2) is 71.6 Å². The van der Waals surface area contributed by atoms with Crippen LogP contribution in [-0.2, 0) is 10.0 Å². The smallest absolute Gasteiger partial charge is 0.265 e. The zero-order valence-corrected chi connectivity index (χ0v) is 18.0. The second kappa shape index (κ2) is 9.40. The quantitative estimate of drug-likeness (QED) is 0.551. The Morgan fingerprint density at radius 3 is 1.84 bits per heavy atom. The Morgan fingerprint density at radius 2 is 1.29 bits per heavy atom. The molecule has 0 aliphatic rings. The molecule has 9 heteroatoms. The van der Waals surface area contributed by atoms with E-state index < -0.39 is 10.0 Å². The summed E-state index contributed by atoms with van der Waals surface area (Å²) in [6.07, 6.45) is 0. The third-order valence-electron chi connectivity index (χ3n) is 4.41. The average Bonchev–Trinajstić information content (AvgIpc) is 2.79. The molecule has 0 spiro atoms. The number of rotatable bonds is 8. The number of hydrogen-bond acceptors (Lipinski definition) is 6. The van der Waals surface area contributed by atoms with Crippen LogP contribution in [0.25, 0.3) is 0 Å². The van der Waals surface area contributed by atoms with Crippen molar-refractivity contribution in [3.05, 3.63) is 72.3 Å². The minimum absolute atomic E-state index is 0.113. The molecule has 0 radical (unpaired) electrons. The van der Waals surface area contributed by atoms with Gasteiger partial charge in [0.15, 0.2) is 0 Å². The Labute approximate surface area is 180 Å². The molecule has 3 rings (SSSR count). The van der Waals surface area contributed by atoms with Gasteiger partial charge in [0.2, 0.25) is 0 Å². The molecule has 0 bridgehead atoms. The number of benzene rings is 3. The maximum Gasteiger partial charge on any atom is 0.265 e. The number of hydrogen-bond donors (Lipinski definition) is 2. The number of carbonyl (C=O) groups excluding carboxylic acids is 1. The molecular weight excluding hydrogens is 420 g/mol. The van der Waals surface area contributed by atoms with Gasteiger partial charge in [-0.1, -0.05) is 0 Å². The summed E-state index contributed by atoms with van der Waals surface area (Å²) in [5.41, 5.74) is 1.06. The Morgan fingerprint density at radius 1 is 0.742 bits per heavy atom. The molecule has 0 fully saturated rings. The maximum atomic E-state index is 13.0. The summed E-state index contributed by atoms with van der Waals surface area (Å²) in [5.74, 6) is 0.977. The van der Waals surface area contributed by atoms with Gasteiger partial charge in [-0.15, -0.1) is 0 Å². The third-order valence-corrected chi connectivity index (χ3v) is 5.81. The highest BCUT2D eigenvalue weighted by molar-refractivity contribution is 7.92. The molecule has 0 atom stereocenters. The van der Waals surface area contributed by atoms with Crippen molar-refractivity contribution < 1.29 is 27.4 Å². The van der Waals surface area contributed by atoms with Gasteiger partial charge in [-0.05, 0) is 66.7 Å². The predicted molar refractivity (Wildman–Crippen MR) is 118 cm³/mol. The van der Waals surface area contributed by atoms with Crippen molar-refractivity contribution >= 4 is 27.3 Å². The van der Waals surface area contributed by atoms with Gasteiger partial charge in [0.05, 0.1) is 21.3 Å². The highest BCUT2D eigenvalue weighted by atomic mass is 32.2. The second-order valence-electron chi connectivity index (χ2n) is 6.38. The van der Waals surface area contributed by atoms with Crippen LogP contribution in [0.1, 0.15) is 10.4 Å². The number of amides is 1. The van der Waals surface area contributed by atoms with Crippen LogP contribution in [0.2, 0.25) is 0 Å². The SMILES string of the molecule is COc1ccc(NS(=O)(=O)c2cc(NC(=O)c3ccc(OC)cc3)ccc2OC)cc1. The zero-order valence-electron chi connectivity index (χ0n) is 17.2. The molecular formula is C22H22N2O6S. The predicted octanol–water partition coefficient (Wildman–Crippen LogP) is 3.77.